The molecule has 19 heavy (non-hydrogen) atoms. The maximum atomic E-state index is 11.9. The highest BCUT2D eigenvalue weighted by Crippen LogP contribution is 2.33. The van der Waals surface area contributed by atoms with E-state index in [1.165, 1.54) is 0 Å². The van der Waals surface area contributed by atoms with Crippen LogP contribution in [0.4, 0.5) is 0 Å². The van der Waals surface area contributed by atoms with E-state index in [1.54, 1.807) is 18.5 Å². The van der Waals surface area contributed by atoms with Gasteiger partial charge in [0.05, 0.1) is 6.20 Å². The van der Waals surface area contributed by atoms with Gasteiger partial charge in [0.25, 0.3) is 0 Å². The third-order valence-corrected chi connectivity index (χ3v) is 3.19. The highest BCUT2D eigenvalue weighted by Gasteiger charge is 2.30. The molecule has 0 radical (unpaired) electrons. The molecule has 1 saturated carbocycles. The van der Waals surface area contributed by atoms with Crippen molar-refractivity contribution in [1.82, 2.24) is 4.98 Å². The molecule has 0 N–H and O–H groups in total. The molecule has 0 saturated heterocycles. The van der Waals surface area contributed by atoms with Crippen LogP contribution in [0.1, 0.15) is 28.8 Å². The fraction of sp³-hybridized carbons (Fsp3) is 0.250. The molecule has 1 fully saturated rings. The van der Waals surface area contributed by atoms with Crippen LogP contribution in [0.15, 0.2) is 48.8 Å². The molecule has 1 aliphatic carbocycles. The minimum absolute atomic E-state index is 0.192. The summed E-state index contributed by atoms with van der Waals surface area (Å²) in [6.07, 6.45) is 5.28. The summed E-state index contributed by atoms with van der Waals surface area (Å²) in [5, 5.41) is 0. The van der Waals surface area contributed by atoms with Gasteiger partial charge in [0.2, 0.25) is 0 Å². The van der Waals surface area contributed by atoms with Crippen molar-refractivity contribution >= 4 is 5.78 Å². The van der Waals surface area contributed by atoms with Crippen molar-refractivity contribution in [2.24, 2.45) is 5.92 Å². The van der Waals surface area contributed by atoms with E-state index in [-0.39, 0.29) is 11.7 Å². The number of ether oxygens (including phenoxy) is 1. The van der Waals surface area contributed by atoms with Crippen LogP contribution in [-0.2, 0) is 6.61 Å². The highest BCUT2D eigenvalue weighted by atomic mass is 16.5. The van der Waals surface area contributed by atoms with E-state index < -0.39 is 0 Å². The Kier molecular flexibility index (Phi) is 3.27. The molecule has 0 spiro atoms. The van der Waals surface area contributed by atoms with E-state index in [0.29, 0.717) is 17.9 Å². The van der Waals surface area contributed by atoms with Crippen molar-refractivity contribution in [3.63, 3.8) is 0 Å². The lowest BCUT2D eigenvalue weighted by molar-refractivity contribution is 0.0967. The Labute approximate surface area is 112 Å². The van der Waals surface area contributed by atoms with Crippen LogP contribution in [0.25, 0.3) is 0 Å². The average molecular weight is 253 g/mol. The number of nitrogens with zero attached hydrogens (tertiary/aromatic N) is 1. The van der Waals surface area contributed by atoms with Crippen molar-refractivity contribution in [2.75, 3.05) is 0 Å². The molecule has 0 aliphatic heterocycles. The summed E-state index contributed by atoms with van der Waals surface area (Å²) in [4.78, 5) is 16.0. The molecular weight excluding hydrogens is 238 g/mol. The average Bonchev–Trinajstić information content (AvgIpc) is 3.30. The smallest absolute Gasteiger partial charge is 0.167 e. The summed E-state index contributed by atoms with van der Waals surface area (Å²) in [6.45, 7) is 0.490. The van der Waals surface area contributed by atoms with Crippen LogP contribution in [0.2, 0.25) is 0 Å². The van der Waals surface area contributed by atoms with E-state index in [0.717, 1.165) is 18.4 Å². The van der Waals surface area contributed by atoms with E-state index in [4.69, 9.17) is 4.74 Å². The quantitative estimate of drug-likeness (QED) is 0.768. The van der Waals surface area contributed by atoms with Gasteiger partial charge in [0, 0.05) is 17.7 Å². The van der Waals surface area contributed by atoms with Crippen LogP contribution in [0.3, 0.4) is 0 Å². The van der Waals surface area contributed by atoms with Gasteiger partial charge in [0.1, 0.15) is 12.4 Å². The molecule has 1 aromatic heterocycles. The number of rotatable bonds is 5. The van der Waals surface area contributed by atoms with Crippen LogP contribution < -0.4 is 4.74 Å². The van der Waals surface area contributed by atoms with Gasteiger partial charge in [-0.25, -0.2) is 0 Å². The Morgan fingerprint density at radius 2 is 2.00 bits per heavy atom. The van der Waals surface area contributed by atoms with Crippen LogP contribution in [0, 0.1) is 5.92 Å². The lowest BCUT2D eigenvalue weighted by Gasteiger charge is -2.07. The van der Waals surface area contributed by atoms with Crippen molar-refractivity contribution in [2.45, 2.75) is 19.4 Å². The number of carbonyl (C=O) groups excluding carboxylic acids is 1. The zero-order valence-corrected chi connectivity index (χ0v) is 10.6. The minimum atomic E-state index is 0.192. The van der Waals surface area contributed by atoms with Gasteiger partial charge in [0.15, 0.2) is 5.78 Å². The van der Waals surface area contributed by atoms with Gasteiger partial charge in [-0.1, -0.05) is 30.3 Å². The summed E-state index contributed by atoms with van der Waals surface area (Å²) < 4.78 is 5.67. The number of ketones is 1. The molecule has 0 unspecified atom stereocenters. The molecule has 2 aromatic rings. The molecule has 0 atom stereocenters. The second-order valence-electron chi connectivity index (χ2n) is 4.82. The van der Waals surface area contributed by atoms with Crippen LogP contribution in [-0.4, -0.2) is 10.8 Å². The van der Waals surface area contributed by atoms with Gasteiger partial charge >= 0.3 is 0 Å². The molecule has 1 heterocycles. The zero-order chi connectivity index (χ0) is 13.1. The van der Waals surface area contributed by atoms with Gasteiger partial charge in [-0.05, 0) is 24.5 Å². The molecule has 0 bridgehead atoms. The van der Waals surface area contributed by atoms with Crippen molar-refractivity contribution in [1.29, 1.82) is 0 Å². The molecular formula is C16H15NO2. The van der Waals surface area contributed by atoms with Crippen molar-refractivity contribution in [3.05, 3.63) is 59.9 Å². The van der Waals surface area contributed by atoms with E-state index >= 15 is 0 Å². The van der Waals surface area contributed by atoms with Crippen LogP contribution >= 0.6 is 0 Å². The van der Waals surface area contributed by atoms with E-state index in [9.17, 15) is 4.79 Å². The monoisotopic (exact) mass is 253 g/mol. The largest absolute Gasteiger partial charge is 0.487 e. The Morgan fingerprint density at radius 1 is 1.21 bits per heavy atom. The first kappa shape index (κ1) is 11.9. The number of aromatic nitrogens is 1. The third kappa shape index (κ3) is 2.99. The van der Waals surface area contributed by atoms with Gasteiger partial charge in [-0.2, -0.15) is 0 Å². The summed E-state index contributed by atoms with van der Waals surface area (Å²) in [6, 6.07) is 11.7. The summed E-state index contributed by atoms with van der Waals surface area (Å²) in [7, 11) is 0. The number of pyridine rings is 1. The molecule has 96 valence electrons. The molecule has 1 aromatic carbocycles. The topological polar surface area (TPSA) is 39.2 Å². The number of Topliss-reactive ketones (excluding diaryl/α,β-unsaturated/α-hetero) is 1. The van der Waals surface area contributed by atoms with Crippen LogP contribution in [0.5, 0.6) is 5.75 Å². The number of hydrogen-bond donors (Lipinski definition) is 0. The maximum absolute atomic E-state index is 11.9. The number of carbonyl (C=O) groups is 1. The molecule has 3 heteroatoms. The van der Waals surface area contributed by atoms with Gasteiger partial charge in [-0.15, -0.1) is 0 Å². The standard InChI is InChI=1S/C16H15NO2/c18-16(13-6-7-13)14-8-15(10-17-9-14)19-11-12-4-2-1-3-5-12/h1-5,8-10,13H,6-7,11H2. The SMILES string of the molecule is O=C(c1cncc(OCc2ccccc2)c1)C1CC1. The van der Waals surface area contributed by atoms with Gasteiger partial charge in [-0.3, -0.25) is 9.78 Å². The summed E-state index contributed by atoms with van der Waals surface area (Å²) in [5.74, 6) is 1.05. The van der Waals surface area contributed by atoms with E-state index in [1.807, 2.05) is 30.3 Å². The first-order valence-electron chi connectivity index (χ1n) is 6.49. The summed E-state index contributed by atoms with van der Waals surface area (Å²) >= 11 is 0. The zero-order valence-electron chi connectivity index (χ0n) is 10.6. The van der Waals surface area contributed by atoms with Crippen molar-refractivity contribution in [3.8, 4) is 5.75 Å². The second kappa shape index (κ2) is 5.22. The molecule has 3 rings (SSSR count). The van der Waals surface area contributed by atoms with Gasteiger partial charge < -0.3 is 4.74 Å². The fourth-order valence-corrected chi connectivity index (χ4v) is 1.95. The third-order valence-electron chi connectivity index (χ3n) is 3.19. The predicted molar refractivity (Wildman–Crippen MR) is 72.1 cm³/mol. The first-order chi connectivity index (χ1) is 9.33. The fourth-order valence-electron chi connectivity index (χ4n) is 1.95. The number of benzene rings is 1. The Balaban J connectivity index is 1.67. The second-order valence-corrected chi connectivity index (χ2v) is 4.82. The Bertz CT molecular complexity index is 576. The summed E-state index contributed by atoms with van der Waals surface area (Å²) in [5.41, 5.74) is 1.76. The molecule has 3 nitrogen and oxygen atoms in total. The minimum Gasteiger partial charge on any atom is -0.487 e. The predicted octanol–water partition coefficient (Wildman–Crippen LogP) is 3.25. The Morgan fingerprint density at radius 3 is 2.74 bits per heavy atom. The lowest BCUT2D eigenvalue weighted by Crippen LogP contribution is -2.03. The Hall–Kier alpha value is -2.16. The molecule has 0 amide bonds. The van der Waals surface area contributed by atoms with E-state index in [2.05, 4.69) is 4.98 Å². The first-order valence-corrected chi connectivity index (χ1v) is 6.49. The lowest BCUT2D eigenvalue weighted by atomic mass is 10.1. The van der Waals surface area contributed by atoms with Crippen molar-refractivity contribution < 1.29 is 9.53 Å². The number of hydrogen-bond acceptors (Lipinski definition) is 3. The molecule has 1 aliphatic rings. The highest BCUT2D eigenvalue weighted by molar-refractivity contribution is 5.99. The maximum Gasteiger partial charge on any atom is 0.167 e. The normalized spacial score (nSPS) is 14.1.